The number of thiazole rings is 1. The van der Waals surface area contributed by atoms with Crippen molar-refractivity contribution in [2.24, 2.45) is 0 Å². The third-order valence-corrected chi connectivity index (χ3v) is 8.63. The molecule has 0 saturated carbocycles. The summed E-state index contributed by atoms with van der Waals surface area (Å²) in [5, 5.41) is 14.9. The molecule has 6 aromatic rings. The fraction of sp³-hybridized carbons (Fsp3) is 0.233. The summed E-state index contributed by atoms with van der Waals surface area (Å²) in [5.41, 5.74) is 4.61. The van der Waals surface area contributed by atoms with Crippen molar-refractivity contribution in [1.82, 2.24) is 35.1 Å². The van der Waals surface area contributed by atoms with Crippen molar-refractivity contribution in [1.29, 1.82) is 0 Å². The van der Waals surface area contributed by atoms with Gasteiger partial charge in [0.05, 0.1) is 16.8 Å². The standard InChI is InChI=1S/C30H28N8OS/c1-20-11-12-24-22(17-20)18-23(29(39)31-24)27(28-33-34-35-38(28)19-21-7-3-2-4-8-21)36-13-15-37(16-14-36)30-32-25-9-5-6-10-26(25)40-30/h2-12,17-18,27H,13-16,19H2,1H3,(H,31,39)/t27-/m1/s1. The molecule has 200 valence electrons. The van der Waals surface area contributed by atoms with Gasteiger partial charge in [-0.25, -0.2) is 9.67 Å². The van der Waals surface area contributed by atoms with Gasteiger partial charge < -0.3 is 9.88 Å². The van der Waals surface area contributed by atoms with Crippen LogP contribution in [0, 0.1) is 6.92 Å². The molecule has 3 aromatic carbocycles. The van der Waals surface area contributed by atoms with Crippen molar-refractivity contribution in [3.05, 3.63) is 112 Å². The predicted octanol–water partition coefficient (Wildman–Crippen LogP) is 4.39. The molecular weight excluding hydrogens is 520 g/mol. The minimum Gasteiger partial charge on any atom is -0.345 e. The van der Waals surface area contributed by atoms with E-state index in [2.05, 4.69) is 73.6 Å². The molecule has 1 atom stereocenters. The molecule has 40 heavy (non-hydrogen) atoms. The topological polar surface area (TPSA) is 95.8 Å². The normalized spacial score (nSPS) is 15.2. The van der Waals surface area contributed by atoms with Gasteiger partial charge in [-0.1, -0.05) is 65.4 Å². The van der Waals surface area contributed by atoms with Crippen LogP contribution in [0.1, 0.15) is 28.6 Å². The first kappa shape index (κ1) is 24.6. The van der Waals surface area contributed by atoms with Gasteiger partial charge in [0.25, 0.3) is 5.56 Å². The van der Waals surface area contributed by atoms with Crippen LogP contribution in [0.15, 0.2) is 83.7 Å². The Morgan fingerprint density at radius 3 is 2.58 bits per heavy atom. The fourth-order valence-corrected chi connectivity index (χ4v) is 6.51. The van der Waals surface area contributed by atoms with Gasteiger partial charge in [-0.05, 0) is 58.6 Å². The van der Waals surface area contributed by atoms with Gasteiger partial charge in [-0.3, -0.25) is 9.69 Å². The highest BCUT2D eigenvalue weighted by molar-refractivity contribution is 7.22. The molecule has 10 heteroatoms. The predicted molar refractivity (Wildman–Crippen MR) is 158 cm³/mol. The van der Waals surface area contributed by atoms with Crippen molar-refractivity contribution in [3.63, 3.8) is 0 Å². The lowest BCUT2D eigenvalue weighted by Crippen LogP contribution is -2.49. The van der Waals surface area contributed by atoms with Gasteiger partial charge in [0.1, 0.15) is 6.04 Å². The number of tetrazole rings is 1. The van der Waals surface area contributed by atoms with Gasteiger partial charge in [-0.2, -0.15) is 0 Å². The number of pyridine rings is 1. The Kier molecular flexibility index (Phi) is 6.33. The molecule has 1 aliphatic heterocycles. The summed E-state index contributed by atoms with van der Waals surface area (Å²) in [6.45, 7) is 5.65. The second-order valence-electron chi connectivity index (χ2n) is 10.2. The number of hydrogen-bond donors (Lipinski definition) is 1. The molecule has 3 aromatic heterocycles. The summed E-state index contributed by atoms with van der Waals surface area (Å²) < 4.78 is 3.01. The van der Waals surface area contributed by atoms with E-state index in [1.807, 2.05) is 47.1 Å². The molecule has 1 N–H and O–H groups in total. The second-order valence-corrected chi connectivity index (χ2v) is 11.2. The largest absolute Gasteiger partial charge is 0.345 e. The number of aromatic nitrogens is 6. The monoisotopic (exact) mass is 548 g/mol. The van der Waals surface area contributed by atoms with E-state index in [9.17, 15) is 4.79 Å². The summed E-state index contributed by atoms with van der Waals surface area (Å²) in [7, 11) is 0. The molecule has 0 unspecified atom stereocenters. The Balaban J connectivity index is 1.25. The number of anilines is 1. The maximum absolute atomic E-state index is 13.6. The zero-order chi connectivity index (χ0) is 27.1. The fourth-order valence-electron chi connectivity index (χ4n) is 5.49. The SMILES string of the molecule is Cc1ccc2[nH]c(=O)c([C@H](c3nnnn3Cc3ccccc3)N3CCN(c4nc5ccccc5s4)CC3)cc2c1. The van der Waals surface area contributed by atoms with Crippen LogP contribution >= 0.6 is 11.3 Å². The number of para-hydroxylation sites is 1. The number of fused-ring (bicyclic) bond motifs is 2. The van der Waals surface area contributed by atoms with Gasteiger partial charge in [0, 0.05) is 37.3 Å². The van der Waals surface area contributed by atoms with Crippen molar-refractivity contribution in [2.75, 3.05) is 31.1 Å². The minimum atomic E-state index is -0.398. The van der Waals surface area contributed by atoms with Crippen LogP contribution in [0.4, 0.5) is 5.13 Å². The van der Waals surface area contributed by atoms with E-state index in [0.29, 0.717) is 17.9 Å². The highest BCUT2D eigenvalue weighted by Gasteiger charge is 2.33. The van der Waals surface area contributed by atoms with Crippen molar-refractivity contribution in [2.45, 2.75) is 19.5 Å². The second kappa shape index (κ2) is 10.3. The lowest BCUT2D eigenvalue weighted by molar-refractivity contribution is 0.200. The van der Waals surface area contributed by atoms with E-state index >= 15 is 0 Å². The van der Waals surface area contributed by atoms with Crippen LogP contribution in [-0.2, 0) is 6.54 Å². The van der Waals surface area contributed by atoms with E-state index in [1.165, 1.54) is 4.70 Å². The van der Waals surface area contributed by atoms with Crippen LogP contribution in [0.3, 0.4) is 0 Å². The maximum Gasteiger partial charge on any atom is 0.253 e. The Bertz CT molecular complexity index is 1820. The highest BCUT2D eigenvalue weighted by atomic mass is 32.1. The maximum atomic E-state index is 13.6. The summed E-state index contributed by atoms with van der Waals surface area (Å²) >= 11 is 1.72. The first-order valence-electron chi connectivity index (χ1n) is 13.4. The minimum absolute atomic E-state index is 0.121. The van der Waals surface area contributed by atoms with E-state index in [4.69, 9.17) is 4.98 Å². The van der Waals surface area contributed by atoms with E-state index < -0.39 is 6.04 Å². The van der Waals surface area contributed by atoms with E-state index in [-0.39, 0.29) is 5.56 Å². The molecule has 1 fully saturated rings. The summed E-state index contributed by atoms with van der Waals surface area (Å²) in [4.78, 5) is 26.2. The van der Waals surface area contributed by atoms with Crippen molar-refractivity contribution < 1.29 is 0 Å². The molecule has 0 bridgehead atoms. The Morgan fingerprint density at radius 1 is 0.950 bits per heavy atom. The molecule has 1 saturated heterocycles. The number of H-pyrrole nitrogens is 1. The number of nitrogens with zero attached hydrogens (tertiary/aromatic N) is 7. The average molecular weight is 549 g/mol. The molecule has 9 nitrogen and oxygen atoms in total. The molecule has 7 rings (SSSR count). The molecule has 0 aliphatic carbocycles. The Hall–Kier alpha value is -4.41. The number of piperazine rings is 1. The first-order valence-corrected chi connectivity index (χ1v) is 14.2. The van der Waals surface area contributed by atoms with E-state index in [0.717, 1.165) is 58.9 Å². The molecular formula is C30H28N8OS. The smallest absolute Gasteiger partial charge is 0.253 e. The molecule has 4 heterocycles. The van der Waals surface area contributed by atoms with Crippen LogP contribution in [0.25, 0.3) is 21.1 Å². The number of aromatic amines is 1. The first-order chi connectivity index (χ1) is 19.6. The van der Waals surface area contributed by atoms with Gasteiger partial charge in [-0.15, -0.1) is 5.10 Å². The third-order valence-electron chi connectivity index (χ3n) is 7.53. The third kappa shape index (κ3) is 4.65. The number of aryl methyl sites for hydroxylation is 1. The number of benzene rings is 3. The van der Waals surface area contributed by atoms with Crippen molar-refractivity contribution in [3.8, 4) is 0 Å². The molecule has 1 aliphatic rings. The lowest BCUT2D eigenvalue weighted by Gasteiger charge is -2.38. The van der Waals surface area contributed by atoms with E-state index in [1.54, 1.807) is 11.3 Å². The Morgan fingerprint density at radius 2 is 1.75 bits per heavy atom. The van der Waals surface area contributed by atoms with Crippen LogP contribution < -0.4 is 10.5 Å². The number of rotatable bonds is 6. The van der Waals surface area contributed by atoms with Gasteiger partial charge >= 0.3 is 0 Å². The summed E-state index contributed by atoms with van der Waals surface area (Å²) in [6.07, 6.45) is 0. The average Bonchev–Trinajstić information content (AvgIpc) is 3.62. The van der Waals surface area contributed by atoms with Crippen LogP contribution in [-0.4, -0.2) is 61.3 Å². The molecule has 0 amide bonds. The number of nitrogens with one attached hydrogen (secondary N) is 1. The quantitative estimate of drug-likeness (QED) is 0.330. The van der Waals surface area contributed by atoms with Crippen LogP contribution in [0.2, 0.25) is 0 Å². The number of hydrogen-bond acceptors (Lipinski definition) is 8. The van der Waals surface area contributed by atoms with Crippen molar-refractivity contribution >= 4 is 37.6 Å². The highest BCUT2D eigenvalue weighted by Crippen LogP contribution is 2.32. The van der Waals surface area contributed by atoms with Gasteiger partial charge in [0.15, 0.2) is 11.0 Å². The zero-order valence-corrected chi connectivity index (χ0v) is 22.9. The summed E-state index contributed by atoms with van der Waals surface area (Å²) in [5.74, 6) is 0.662. The van der Waals surface area contributed by atoms with Gasteiger partial charge in [0.2, 0.25) is 0 Å². The summed E-state index contributed by atoms with van der Waals surface area (Å²) in [6, 6.07) is 26.1. The molecule has 0 radical (unpaired) electrons. The lowest BCUT2D eigenvalue weighted by atomic mass is 10.0. The molecule has 0 spiro atoms. The Labute approximate surface area is 234 Å². The zero-order valence-electron chi connectivity index (χ0n) is 22.1. The van der Waals surface area contributed by atoms with Crippen LogP contribution in [0.5, 0.6) is 0 Å².